The average molecular weight is 274 g/mol. The number of nitrogens with zero attached hydrogens (tertiary/aromatic N) is 2. The Morgan fingerprint density at radius 3 is 2.83 bits per heavy atom. The predicted molar refractivity (Wildman–Crippen MR) is 73.1 cm³/mol. The number of anilines is 1. The molecule has 0 fully saturated rings. The lowest BCUT2D eigenvalue weighted by Crippen LogP contribution is -2.27. The summed E-state index contributed by atoms with van der Waals surface area (Å²) in [5, 5.41) is 3.17. The van der Waals surface area contributed by atoms with E-state index in [-0.39, 0.29) is 5.56 Å². The minimum absolute atomic E-state index is 0.0461. The van der Waals surface area contributed by atoms with Gasteiger partial charge in [0.15, 0.2) is 0 Å². The Morgan fingerprint density at radius 2 is 2.22 bits per heavy atom. The van der Waals surface area contributed by atoms with Crippen molar-refractivity contribution in [3.8, 4) is 0 Å². The van der Waals surface area contributed by atoms with Crippen molar-refractivity contribution in [1.82, 2.24) is 9.55 Å². The Labute approximate surface area is 112 Å². The summed E-state index contributed by atoms with van der Waals surface area (Å²) in [6.07, 6.45) is 2.63. The number of hydrogen-bond acceptors (Lipinski definition) is 4. The Hall–Kier alpha value is -1.07. The lowest BCUT2D eigenvalue weighted by Gasteiger charge is -2.13. The lowest BCUT2D eigenvalue weighted by atomic mass is 10.2. The molecule has 102 valence electrons. The fourth-order valence-corrected chi connectivity index (χ4v) is 1.80. The van der Waals surface area contributed by atoms with Crippen LogP contribution < -0.4 is 10.9 Å². The van der Waals surface area contributed by atoms with Gasteiger partial charge in [-0.2, -0.15) is 0 Å². The zero-order chi connectivity index (χ0) is 13.5. The van der Waals surface area contributed by atoms with E-state index >= 15 is 0 Å². The molecule has 1 rings (SSSR count). The van der Waals surface area contributed by atoms with Gasteiger partial charge in [0.2, 0.25) is 5.95 Å². The Morgan fingerprint density at radius 1 is 1.50 bits per heavy atom. The van der Waals surface area contributed by atoms with E-state index in [9.17, 15) is 4.79 Å². The molecular weight excluding hydrogens is 254 g/mol. The molecule has 1 aromatic heterocycles. The highest BCUT2D eigenvalue weighted by Gasteiger charge is 2.11. The molecular formula is C12H20ClN3O2. The van der Waals surface area contributed by atoms with Crippen LogP contribution in [0.1, 0.15) is 31.0 Å². The monoisotopic (exact) mass is 273 g/mol. The van der Waals surface area contributed by atoms with Gasteiger partial charge in [-0.25, -0.2) is 4.98 Å². The van der Waals surface area contributed by atoms with E-state index in [1.807, 2.05) is 6.92 Å². The highest BCUT2D eigenvalue weighted by molar-refractivity contribution is 6.07. The molecule has 0 amide bonds. The number of halogens is 1. The Kier molecular flexibility index (Phi) is 6.15. The normalized spacial score (nSPS) is 10.7. The van der Waals surface area contributed by atoms with Crippen LogP contribution in [0.5, 0.6) is 0 Å². The molecule has 0 bridgehead atoms. The summed E-state index contributed by atoms with van der Waals surface area (Å²) < 4.78 is 6.02. The second-order valence-corrected chi connectivity index (χ2v) is 4.43. The SMILES string of the molecule is CCCCNc1nc(C)c(CCOCl)c(=O)n1C. The largest absolute Gasteiger partial charge is 0.356 e. The van der Waals surface area contributed by atoms with Crippen molar-refractivity contribution in [2.24, 2.45) is 7.05 Å². The summed E-state index contributed by atoms with van der Waals surface area (Å²) in [7, 11) is 1.72. The summed E-state index contributed by atoms with van der Waals surface area (Å²) >= 11 is 5.17. The first-order chi connectivity index (χ1) is 8.61. The predicted octanol–water partition coefficient (Wildman–Crippen LogP) is 2.01. The third kappa shape index (κ3) is 3.71. The summed E-state index contributed by atoms with van der Waals surface area (Å²) in [5.41, 5.74) is 1.33. The zero-order valence-corrected chi connectivity index (χ0v) is 11.9. The maximum atomic E-state index is 12.1. The topological polar surface area (TPSA) is 56.2 Å². The van der Waals surface area contributed by atoms with E-state index in [1.165, 1.54) is 4.57 Å². The molecule has 0 aliphatic carbocycles. The summed E-state index contributed by atoms with van der Waals surface area (Å²) in [6, 6.07) is 0. The zero-order valence-electron chi connectivity index (χ0n) is 11.1. The van der Waals surface area contributed by atoms with Crippen molar-refractivity contribution in [2.45, 2.75) is 33.1 Å². The fraction of sp³-hybridized carbons (Fsp3) is 0.667. The van der Waals surface area contributed by atoms with E-state index in [0.717, 1.165) is 25.1 Å². The van der Waals surface area contributed by atoms with Gasteiger partial charge in [-0.3, -0.25) is 13.7 Å². The van der Waals surface area contributed by atoms with Crippen molar-refractivity contribution < 1.29 is 4.29 Å². The lowest BCUT2D eigenvalue weighted by molar-refractivity contribution is 0.355. The molecule has 0 radical (unpaired) electrons. The average Bonchev–Trinajstić information content (AvgIpc) is 2.35. The van der Waals surface area contributed by atoms with Crippen LogP contribution in [0.3, 0.4) is 0 Å². The van der Waals surface area contributed by atoms with E-state index in [0.29, 0.717) is 24.5 Å². The van der Waals surface area contributed by atoms with E-state index in [2.05, 4.69) is 21.5 Å². The van der Waals surface area contributed by atoms with Crippen molar-refractivity contribution in [3.05, 3.63) is 21.6 Å². The molecule has 1 heterocycles. The van der Waals surface area contributed by atoms with Gasteiger partial charge in [0.25, 0.3) is 5.56 Å². The molecule has 0 aliphatic heterocycles. The van der Waals surface area contributed by atoms with Crippen LogP contribution in [-0.2, 0) is 17.8 Å². The molecule has 6 heteroatoms. The molecule has 0 saturated heterocycles. The van der Waals surface area contributed by atoms with Crippen LogP contribution in [-0.4, -0.2) is 22.7 Å². The van der Waals surface area contributed by atoms with Gasteiger partial charge in [-0.15, -0.1) is 0 Å². The molecule has 0 unspecified atom stereocenters. The van der Waals surface area contributed by atoms with Crippen LogP contribution in [0.15, 0.2) is 4.79 Å². The third-order valence-corrected chi connectivity index (χ3v) is 2.99. The van der Waals surface area contributed by atoms with Crippen LogP contribution in [0, 0.1) is 6.92 Å². The smallest absolute Gasteiger partial charge is 0.258 e. The Bertz CT molecular complexity index is 446. The minimum atomic E-state index is -0.0461. The Balaban J connectivity index is 2.93. The number of rotatable bonds is 7. The molecule has 5 nitrogen and oxygen atoms in total. The number of aromatic nitrogens is 2. The van der Waals surface area contributed by atoms with Gasteiger partial charge in [-0.05, 0) is 13.3 Å². The van der Waals surface area contributed by atoms with Crippen LogP contribution in [0.4, 0.5) is 5.95 Å². The van der Waals surface area contributed by atoms with Crippen molar-refractivity contribution in [1.29, 1.82) is 0 Å². The summed E-state index contributed by atoms with van der Waals surface area (Å²) in [4.78, 5) is 16.5. The molecule has 1 N–H and O–H groups in total. The number of aryl methyl sites for hydroxylation is 1. The standard InChI is InChI=1S/C12H20ClN3O2/c1-4-5-7-14-12-15-9(2)10(6-8-18-13)11(17)16(12)3/h4-8H2,1-3H3,(H,14,15). The molecule has 0 atom stereocenters. The van der Waals surface area contributed by atoms with Crippen molar-refractivity contribution >= 4 is 17.8 Å². The second kappa shape index (κ2) is 7.38. The third-order valence-electron chi connectivity index (χ3n) is 2.83. The van der Waals surface area contributed by atoms with Crippen LogP contribution in [0.2, 0.25) is 0 Å². The minimum Gasteiger partial charge on any atom is -0.356 e. The molecule has 1 aromatic rings. The van der Waals surface area contributed by atoms with Crippen LogP contribution in [0.25, 0.3) is 0 Å². The van der Waals surface area contributed by atoms with E-state index in [1.54, 1.807) is 7.05 Å². The first-order valence-electron chi connectivity index (χ1n) is 6.15. The number of unbranched alkanes of at least 4 members (excludes halogenated alkanes) is 1. The molecule has 0 saturated carbocycles. The van der Waals surface area contributed by atoms with Gasteiger partial charge >= 0.3 is 0 Å². The fourth-order valence-electron chi connectivity index (χ4n) is 1.72. The van der Waals surface area contributed by atoms with Crippen LogP contribution >= 0.6 is 11.9 Å². The van der Waals surface area contributed by atoms with E-state index < -0.39 is 0 Å². The molecule has 18 heavy (non-hydrogen) atoms. The number of hydrogen-bond donors (Lipinski definition) is 1. The molecule has 0 spiro atoms. The maximum absolute atomic E-state index is 12.1. The van der Waals surface area contributed by atoms with Gasteiger partial charge in [0, 0.05) is 25.6 Å². The summed E-state index contributed by atoms with van der Waals surface area (Å²) in [5.74, 6) is 0.612. The molecule has 0 aromatic carbocycles. The van der Waals surface area contributed by atoms with E-state index in [4.69, 9.17) is 11.9 Å². The highest BCUT2D eigenvalue weighted by atomic mass is 35.5. The number of nitrogens with one attached hydrogen (secondary N) is 1. The van der Waals surface area contributed by atoms with Gasteiger partial charge in [-0.1, -0.05) is 13.3 Å². The van der Waals surface area contributed by atoms with Crippen molar-refractivity contribution in [2.75, 3.05) is 18.5 Å². The van der Waals surface area contributed by atoms with Gasteiger partial charge in [0.05, 0.1) is 24.2 Å². The first kappa shape index (κ1) is 15.0. The first-order valence-corrected chi connectivity index (χ1v) is 6.46. The molecule has 0 aliphatic rings. The van der Waals surface area contributed by atoms with Gasteiger partial charge < -0.3 is 5.32 Å². The maximum Gasteiger partial charge on any atom is 0.258 e. The highest BCUT2D eigenvalue weighted by Crippen LogP contribution is 2.07. The van der Waals surface area contributed by atoms with Gasteiger partial charge in [0.1, 0.15) is 0 Å². The second-order valence-electron chi connectivity index (χ2n) is 4.21. The summed E-state index contributed by atoms with van der Waals surface area (Å²) in [6.45, 7) is 5.08. The van der Waals surface area contributed by atoms with Crippen molar-refractivity contribution in [3.63, 3.8) is 0 Å². The quantitative estimate of drug-likeness (QED) is 0.772.